The first-order chi connectivity index (χ1) is 6.20. The summed E-state index contributed by atoms with van der Waals surface area (Å²) in [5, 5.41) is 1.27. The molecule has 0 fully saturated rings. The van der Waals surface area contributed by atoms with Gasteiger partial charge in [-0.05, 0) is 38.0 Å². The molecule has 1 aromatic heterocycles. The van der Waals surface area contributed by atoms with Crippen LogP contribution in [0.1, 0.15) is 16.8 Å². The van der Waals surface area contributed by atoms with Gasteiger partial charge in [0.15, 0.2) is 0 Å². The molecule has 1 heterocycles. The second-order valence-corrected chi connectivity index (χ2v) is 3.46. The maximum Gasteiger partial charge on any atom is 0.0708 e. The van der Waals surface area contributed by atoms with Gasteiger partial charge in [0.2, 0.25) is 0 Å². The molecule has 0 aliphatic heterocycles. The molecule has 1 aromatic carbocycles. The Hall–Kier alpha value is -0.448. The Morgan fingerprint density at radius 1 is 0.929 bits per heavy atom. The zero-order chi connectivity index (χ0) is 9.42. The van der Waals surface area contributed by atoms with E-state index in [0.717, 1.165) is 11.2 Å². The predicted molar refractivity (Wildman–Crippen MR) is 56.0 cm³/mol. The summed E-state index contributed by atoms with van der Waals surface area (Å²) in [6.07, 6.45) is 0. The van der Waals surface area contributed by atoms with Crippen LogP contribution in [0, 0.1) is 20.8 Å². The maximum atomic E-state index is 4.54. The van der Waals surface area contributed by atoms with Crippen LogP contribution in [0.5, 0.6) is 0 Å². The zero-order valence-electron chi connectivity index (χ0n) is 8.96. The summed E-state index contributed by atoms with van der Waals surface area (Å²) >= 11 is 0. The van der Waals surface area contributed by atoms with Gasteiger partial charge in [0.05, 0.1) is 5.52 Å². The van der Waals surface area contributed by atoms with Crippen molar-refractivity contribution < 1.29 is 27.3 Å². The monoisotopic (exact) mass is 285 g/mol. The quantitative estimate of drug-likeness (QED) is 0.677. The normalized spacial score (nSPS) is 9.93. The van der Waals surface area contributed by atoms with Gasteiger partial charge in [-0.25, -0.2) is 0 Å². The molecule has 0 bridgehead atoms. The average Bonchev–Trinajstić information content (AvgIpc) is 2.15. The van der Waals surface area contributed by atoms with E-state index >= 15 is 0 Å². The van der Waals surface area contributed by atoms with Crippen molar-refractivity contribution in [1.29, 1.82) is 0 Å². The van der Waals surface area contributed by atoms with Crippen LogP contribution in [-0.2, 0) is 27.3 Å². The molecule has 0 aliphatic carbocycles. The maximum absolute atomic E-state index is 4.54. The van der Waals surface area contributed by atoms with Crippen LogP contribution in [0.2, 0.25) is 0 Å². The molecular formula is C12H13CdN. The van der Waals surface area contributed by atoms with Crippen LogP contribution in [0.25, 0.3) is 10.9 Å². The van der Waals surface area contributed by atoms with E-state index in [1.54, 1.807) is 0 Å². The third-order valence-electron chi connectivity index (χ3n) is 2.70. The van der Waals surface area contributed by atoms with Gasteiger partial charge in [0.1, 0.15) is 0 Å². The van der Waals surface area contributed by atoms with Gasteiger partial charge in [-0.15, -0.1) is 0 Å². The number of hydrogen-bond donors (Lipinski definition) is 0. The number of hydrogen-bond acceptors (Lipinski definition) is 1. The fourth-order valence-corrected chi connectivity index (χ4v) is 1.63. The number of rotatable bonds is 0. The molecule has 0 saturated heterocycles. The molecule has 1 nitrogen and oxygen atoms in total. The summed E-state index contributed by atoms with van der Waals surface area (Å²) < 4.78 is 0. The Balaban J connectivity index is 0.000000980. The van der Waals surface area contributed by atoms with Crippen molar-refractivity contribution in [2.24, 2.45) is 0 Å². The summed E-state index contributed by atoms with van der Waals surface area (Å²) in [5.74, 6) is 0. The largest absolute Gasteiger partial charge is 0.253 e. The molecule has 0 aliphatic rings. The molecule has 0 spiro atoms. The summed E-state index contributed by atoms with van der Waals surface area (Å²) in [4.78, 5) is 4.54. The molecule has 0 N–H and O–H groups in total. The van der Waals surface area contributed by atoms with Crippen molar-refractivity contribution in [3.05, 3.63) is 41.1 Å². The number of aryl methyl sites for hydroxylation is 2. The van der Waals surface area contributed by atoms with Crippen LogP contribution in [0.15, 0.2) is 24.3 Å². The summed E-state index contributed by atoms with van der Waals surface area (Å²) in [7, 11) is 0. The molecular weight excluding hydrogens is 271 g/mol. The van der Waals surface area contributed by atoms with Gasteiger partial charge < -0.3 is 0 Å². The number of aromatic nitrogens is 1. The van der Waals surface area contributed by atoms with E-state index in [-0.39, 0.29) is 27.3 Å². The smallest absolute Gasteiger partial charge is 0.0708 e. The molecule has 2 aromatic rings. The minimum absolute atomic E-state index is 0. The SMILES string of the molecule is Cc1nc2ccccc2c(C)c1C.[Cd]. The standard InChI is InChI=1S/C12H13N.Cd/c1-8-9(2)11-6-4-5-7-12(11)13-10(8)3;/h4-7H,1-3H3;. The van der Waals surface area contributed by atoms with E-state index in [1.165, 1.54) is 16.5 Å². The summed E-state index contributed by atoms with van der Waals surface area (Å²) in [5.41, 5.74) is 4.89. The van der Waals surface area contributed by atoms with E-state index in [2.05, 4.69) is 44.0 Å². The van der Waals surface area contributed by atoms with Crippen LogP contribution in [0.4, 0.5) is 0 Å². The van der Waals surface area contributed by atoms with Crippen molar-refractivity contribution in [3.63, 3.8) is 0 Å². The van der Waals surface area contributed by atoms with E-state index in [1.807, 2.05) is 6.07 Å². The summed E-state index contributed by atoms with van der Waals surface area (Å²) in [6, 6.07) is 8.29. The van der Waals surface area contributed by atoms with Crippen molar-refractivity contribution >= 4 is 10.9 Å². The summed E-state index contributed by atoms with van der Waals surface area (Å²) in [6.45, 7) is 6.35. The van der Waals surface area contributed by atoms with Gasteiger partial charge in [-0.2, -0.15) is 0 Å². The minimum Gasteiger partial charge on any atom is -0.253 e. The number of fused-ring (bicyclic) bond motifs is 1. The molecule has 0 atom stereocenters. The van der Waals surface area contributed by atoms with Crippen molar-refractivity contribution in [2.75, 3.05) is 0 Å². The van der Waals surface area contributed by atoms with Crippen LogP contribution in [0.3, 0.4) is 0 Å². The van der Waals surface area contributed by atoms with E-state index in [9.17, 15) is 0 Å². The Bertz CT molecular complexity index is 463. The third kappa shape index (κ3) is 1.82. The van der Waals surface area contributed by atoms with Crippen LogP contribution < -0.4 is 0 Å². The number of nitrogens with zero attached hydrogens (tertiary/aromatic N) is 1. The number of benzene rings is 1. The molecule has 0 radical (unpaired) electrons. The van der Waals surface area contributed by atoms with Gasteiger partial charge in [-0.3, -0.25) is 4.98 Å². The number of para-hydroxylation sites is 1. The predicted octanol–water partition coefficient (Wildman–Crippen LogP) is 3.16. The van der Waals surface area contributed by atoms with Crippen molar-refractivity contribution in [3.8, 4) is 0 Å². The van der Waals surface area contributed by atoms with Crippen molar-refractivity contribution in [2.45, 2.75) is 20.8 Å². The van der Waals surface area contributed by atoms with E-state index < -0.39 is 0 Å². The van der Waals surface area contributed by atoms with E-state index in [0.29, 0.717) is 0 Å². The van der Waals surface area contributed by atoms with Gasteiger partial charge in [0.25, 0.3) is 0 Å². The first-order valence-electron chi connectivity index (χ1n) is 4.52. The van der Waals surface area contributed by atoms with Crippen LogP contribution in [-0.4, -0.2) is 4.98 Å². The van der Waals surface area contributed by atoms with Gasteiger partial charge >= 0.3 is 0 Å². The van der Waals surface area contributed by atoms with E-state index in [4.69, 9.17) is 0 Å². The first kappa shape index (κ1) is 11.6. The van der Waals surface area contributed by atoms with Crippen LogP contribution >= 0.6 is 0 Å². The second-order valence-electron chi connectivity index (χ2n) is 3.46. The fourth-order valence-electron chi connectivity index (χ4n) is 1.63. The van der Waals surface area contributed by atoms with Crippen molar-refractivity contribution in [1.82, 2.24) is 4.98 Å². The van der Waals surface area contributed by atoms with Gasteiger partial charge in [0, 0.05) is 38.4 Å². The zero-order valence-corrected chi connectivity index (χ0v) is 13.0. The molecule has 2 rings (SSSR count). The van der Waals surface area contributed by atoms with Gasteiger partial charge in [-0.1, -0.05) is 18.2 Å². The Morgan fingerprint density at radius 2 is 1.57 bits per heavy atom. The Morgan fingerprint density at radius 3 is 2.29 bits per heavy atom. The third-order valence-corrected chi connectivity index (χ3v) is 2.70. The molecule has 2 heteroatoms. The molecule has 14 heavy (non-hydrogen) atoms. The fraction of sp³-hybridized carbons (Fsp3) is 0.250. The molecule has 0 amide bonds. The second kappa shape index (κ2) is 4.38. The topological polar surface area (TPSA) is 12.9 Å². The average molecular weight is 284 g/mol. The Kier molecular flexibility index (Phi) is 3.64. The Labute approximate surface area is 105 Å². The molecule has 0 saturated carbocycles. The molecule has 0 unspecified atom stereocenters. The minimum atomic E-state index is 0. The molecule has 68 valence electrons. The first-order valence-corrected chi connectivity index (χ1v) is 4.52. The number of pyridine rings is 1.